The van der Waals surface area contributed by atoms with E-state index in [1.807, 2.05) is 4.90 Å². The van der Waals surface area contributed by atoms with E-state index < -0.39 is 0 Å². The molecule has 2 saturated heterocycles. The Kier molecular flexibility index (Phi) is 3.66. The van der Waals surface area contributed by atoms with Crippen molar-refractivity contribution in [3.63, 3.8) is 0 Å². The first kappa shape index (κ1) is 11.7. The van der Waals surface area contributed by atoms with E-state index in [-0.39, 0.29) is 6.03 Å². The quantitative estimate of drug-likeness (QED) is 0.669. The van der Waals surface area contributed by atoms with Crippen LogP contribution < -0.4 is 10.6 Å². The first-order chi connectivity index (χ1) is 7.76. The van der Waals surface area contributed by atoms with Crippen molar-refractivity contribution in [2.45, 2.75) is 12.8 Å². The largest absolute Gasteiger partial charge is 0.383 e. The highest BCUT2D eigenvalue weighted by Gasteiger charge is 2.41. The molecule has 0 aliphatic carbocycles. The SMILES string of the molecule is COCCNC(=O)N1CCCC2(CNC2)C1. The second-order valence-electron chi connectivity index (χ2n) is 4.85. The van der Waals surface area contributed by atoms with Gasteiger partial charge in [0.05, 0.1) is 6.61 Å². The maximum Gasteiger partial charge on any atom is 0.317 e. The van der Waals surface area contributed by atoms with Gasteiger partial charge in [-0.3, -0.25) is 0 Å². The molecule has 2 aliphatic rings. The van der Waals surface area contributed by atoms with Crippen LogP contribution in [0, 0.1) is 5.41 Å². The van der Waals surface area contributed by atoms with E-state index in [1.165, 1.54) is 6.42 Å². The maximum absolute atomic E-state index is 11.8. The summed E-state index contributed by atoms with van der Waals surface area (Å²) in [5.74, 6) is 0. The number of urea groups is 1. The molecule has 16 heavy (non-hydrogen) atoms. The van der Waals surface area contributed by atoms with Gasteiger partial charge < -0.3 is 20.3 Å². The first-order valence-electron chi connectivity index (χ1n) is 5.98. The number of amides is 2. The van der Waals surface area contributed by atoms with Crippen LogP contribution in [-0.2, 0) is 4.74 Å². The van der Waals surface area contributed by atoms with Gasteiger partial charge in [0.25, 0.3) is 0 Å². The lowest BCUT2D eigenvalue weighted by atomic mass is 9.75. The van der Waals surface area contributed by atoms with Gasteiger partial charge in [-0.15, -0.1) is 0 Å². The molecule has 0 unspecified atom stereocenters. The highest BCUT2D eigenvalue weighted by Crippen LogP contribution is 2.33. The van der Waals surface area contributed by atoms with Gasteiger partial charge in [-0.2, -0.15) is 0 Å². The van der Waals surface area contributed by atoms with Crippen LogP contribution in [0.15, 0.2) is 0 Å². The zero-order valence-corrected chi connectivity index (χ0v) is 9.92. The van der Waals surface area contributed by atoms with E-state index in [9.17, 15) is 4.79 Å². The van der Waals surface area contributed by atoms with Crippen LogP contribution >= 0.6 is 0 Å². The van der Waals surface area contributed by atoms with Crippen molar-refractivity contribution in [3.8, 4) is 0 Å². The Morgan fingerprint density at radius 2 is 2.38 bits per heavy atom. The number of methoxy groups -OCH3 is 1. The molecule has 0 radical (unpaired) electrons. The van der Waals surface area contributed by atoms with E-state index >= 15 is 0 Å². The molecular weight excluding hydrogens is 206 g/mol. The molecule has 0 atom stereocenters. The second kappa shape index (κ2) is 5.01. The van der Waals surface area contributed by atoms with Crippen molar-refractivity contribution in [3.05, 3.63) is 0 Å². The second-order valence-corrected chi connectivity index (χ2v) is 4.85. The summed E-state index contributed by atoms with van der Waals surface area (Å²) < 4.78 is 4.91. The van der Waals surface area contributed by atoms with Crippen molar-refractivity contribution >= 4 is 6.03 Å². The average Bonchev–Trinajstić information content (AvgIpc) is 2.27. The number of piperidine rings is 1. The highest BCUT2D eigenvalue weighted by molar-refractivity contribution is 5.74. The Hall–Kier alpha value is -0.810. The van der Waals surface area contributed by atoms with E-state index in [0.29, 0.717) is 18.6 Å². The van der Waals surface area contributed by atoms with E-state index in [4.69, 9.17) is 4.74 Å². The summed E-state index contributed by atoms with van der Waals surface area (Å²) in [6, 6.07) is 0.0584. The molecular formula is C11H21N3O2. The smallest absolute Gasteiger partial charge is 0.317 e. The Balaban J connectivity index is 1.77. The molecule has 0 aromatic carbocycles. The molecule has 1 spiro atoms. The minimum Gasteiger partial charge on any atom is -0.383 e. The number of likely N-dealkylation sites (tertiary alicyclic amines) is 1. The summed E-state index contributed by atoms with van der Waals surface area (Å²) in [4.78, 5) is 13.8. The molecule has 0 saturated carbocycles. The van der Waals surface area contributed by atoms with Gasteiger partial charge in [-0.05, 0) is 12.8 Å². The Morgan fingerprint density at radius 3 is 3.00 bits per heavy atom. The number of carbonyl (C=O) groups excluding carboxylic acids is 1. The van der Waals surface area contributed by atoms with E-state index in [0.717, 1.165) is 32.6 Å². The minimum absolute atomic E-state index is 0.0584. The summed E-state index contributed by atoms with van der Waals surface area (Å²) in [6.07, 6.45) is 2.38. The fourth-order valence-electron chi connectivity index (χ4n) is 2.52. The Morgan fingerprint density at radius 1 is 1.56 bits per heavy atom. The molecule has 2 heterocycles. The van der Waals surface area contributed by atoms with E-state index in [1.54, 1.807) is 7.11 Å². The van der Waals surface area contributed by atoms with Gasteiger partial charge in [-0.1, -0.05) is 0 Å². The molecule has 2 aliphatic heterocycles. The summed E-state index contributed by atoms with van der Waals surface area (Å²) in [5, 5.41) is 6.19. The van der Waals surface area contributed by atoms with Crippen molar-refractivity contribution < 1.29 is 9.53 Å². The fraction of sp³-hybridized carbons (Fsp3) is 0.909. The van der Waals surface area contributed by atoms with Gasteiger partial charge in [0.1, 0.15) is 0 Å². The van der Waals surface area contributed by atoms with Crippen LogP contribution in [0.4, 0.5) is 4.79 Å². The summed E-state index contributed by atoms with van der Waals surface area (Å²) in [5.41, 5.74) is 0.372. The van der Waals surface area contributed by atoms with Gasteiger partial charge in [-0.25, -0.2) is 4.79 Å². The number of hydrogen-bond acceptors (Lipinski definition) is 3. The topological polar surface area (TPSA) is 53.6 Å². The molecule has 0 aromatic heterocycles. The normalized spacial score (nSPS) is 22.9. The minimum atomic E-state index is 0.0584. The van der Waals surface area contributed by atoms with Crippen molar-refractivity contribution in [2.24, 2.45) is 5.41 Å². The molecule has 2 amide bonds. The number of carbonyl (C=O) groups is 1. The molecule has 5 nitrogen and oxygen atoms in total. The zero-order valence-electron chi connectivity index (χ0n) is 9.92. The van der Waals surface area contributed by atoms with Crippen LogP contribution in [0.5, 0.6) is 0 Å². The summed E-state index contributed by atoms with van der Waals surface area (Å²) >= 11 is 0. The van der Waals surface area contributed by atoms with Gasteiger partial charge in [0.2, 0.25) is 0 Å². The fourth-order valence-corrected chi connectivity index (χ4v) is 2.52. The number of hydrogen-bond donors (Lipinski definition) is 2. The van der Waals surface area contributed by atoms with E-state index in [2.05, 4.69) is 10.6 Å². The lowest BCUT2D eigenvalue weighted by Gasteiger charge is -2.49. The van der Waals surface area contributed by atoms with Crippen LogP contribution in [0.1, 0.15) is 12.8 Å². The predicted molar refractivity (Wildman–Crippen MR) is 61.4 cm³/mol. The number of ether oxygens (including phenoxy) is 1. The summed E-state index contributed by atoms with van der Waals surface area (Å²) in [7, 11) is 1.64. The third kappa shape index (κ3) is 2.47. The molecule has 0 aromatic rings. The molecule has 0 bridgehead atoms. The van der Waals surface area contributed by atoms with Crippen molar-refractivity contribution in [2.75, 3.05) is 46.4 Å². The monoisotopic (exact) mass is 227 g/mol. The maximum atomic E-state index is 11.8. The van der Waals surface area contributed by atoms with Gasteiger partial charge >= 0.3 is 6.03 Å². The molecule has 2 fully saturated rings. The molecule has 2 rings (SSSR count). The standard InChI is InChI=1S/C11H21N3O2/c1-16-6-4-13-10(15)14-5-2-3-11(9-14)7-12-8-11/h12H,2-9H2,1H3,(H,13,15). The first-order valence-corrected chi connectivity index (χ1v) is 5.98. The Bertz CT molecular complexity index is 254. The van der Waals surface area contributed by atoms with Gasteiger partial charge in [0, 0.05) is 45.2 Å². The van der Waals surface area contributed by atoms with Crippen molar-refractivity contribution in [1.29, 1.82) is 0 Å². The molecule has 92 valence electrons. The lowest BCUT2D eigenvalue weighted by Crippen LogP contribution is -2.62. The van der Waals surface area contributed by atoms with Crippen LogP contribution in [0.2, 0.25) is 0 Å². The van der Waals surface area contributed by atoms with Crippen molar-refractivity contribution in [1.82, 2.24) is 15.5 Å². The molecule has 2 N–H and O–H groups in total. The lowest BCUT2D eigenvalue weighted by molar-refractivity contribution is 0.0580. The van der Waals surface area contributed by atoms with Crippen LogP contribution in [0.3, 0.4) is 0 Å². The highest BCUT2D eigenvalue weighted by atomic mass is 16.5. The third-order valence-electron chi connectivity index (χ3n) is 3.53. The number of rotatable bonds is 3. The zero-order chi connectivity index (χ0) is 11.4. The van der Waals surface area contributed by atoms with Crippen LogP contribution in [0.25, 0.3) is 0 Å². The van der Waals surface area contributed by atoms with Crippen LogP contribution in [-0.4, -0.2) is 57.4 Å². The predicted octanol–water partition coefficient (Wildman–Crippen LogP) is 0.0278. The number of nitrogens with zero attached hydrogens (tertiary/aromatic N) is 1. The van der Waals surface area contributed by atoms with Gasteiger partial charge in [0.15, 0.2) is 0 Å². The summed E-state index contributed by atoms with van der Waals surface area (Å²) in [6.45, 7) is 5.09. The average molecular weight is 227 g/mol. The molecule has 5 heteroatoms. The number of nitrogens with one attached hydrogen (secondary N) is 2. The third-order valence-corrected chi connectivity index (χ3v) is 3.53. The Labute approximate surface area is 96.5 Å².